The normalized spacial score (nSPS) is 14.4. The lowest BCUT2D eigenvalue weighted by molar-refractivity contribution is -0.145. The maximum Gasteiger partial charge on any atom is 0.265 e. The Morgan fingerprint density at radius 1 is 1.21 bits per heavy atom. The number of carbonyl (C=O) groups excluding carboxylic acids is 1. The average Bonchev–Trinajstić information content (AvgIpc) is 2.94. The molecule has 0 saturated heterocycles. The predicted octanol–water partition coefficient (Wildman–Crippen LogP) is 9.50. The van der Waals surface area contributed by atoms with Crippen LogP contribution in [0, 0.1) is 19.3 Å². The van der Waals surface area contributed by atoms with Gasteiger partial charge in [-0.15, -0.1) is 12.3 Å². The van der Waals surface area contributed by atoms with Crippen molar-refractivity contribution in [3.05, 3.63) is 88.7 Å². The summed E-state index contributed by atoms with van der Waals surface area (Å²) in [4.78, 5) is 15.9. The molecule has 1 aromatic rings. The summed E-state index contributed by atoms with van der Waals surface area (Å²) in [6.07, 6.45) is 18.9. The van der Waals surface area contributed by atoms with E-state index >= 15 is 0 Å². The fourth-order valence-corrected chi connectivity index (χ4v) is 5.33. The molecule has 8 heteroatoms. The highest BCUT2D eigenvalue weighted by Gasteiger charge is 2.32. The number of halogens is 3. The van der Waals surface area contributed by atoms with E-state index < -0.39 is 5.66 Å². The first-order valence-corrected chi connectivity index (χ1v) is 16.0. The fraction of sp³-hybridized carbons (Fsp3) is 0.457. The van der Waals surface area contributed by atoms with E-state index in [0.29, 0.717) is 31.0 Å². The van der Waals surface area contributed by atoms with Crippen molar-refractivity contribution in [3.63, 3.8) is 0 Å². The molecule has 236 valence electrons. The molecule has 1 unspecified atom stereocenters. The summed E-state index contributed by atoms with van der Waals surface area (Å²) < 4.78 is 26.2. The monoisotopic (exact) mass is 631 g/mol. The van der Waals surface area contributed by atoms with Gasteiger partial charge in [-0.05, 0) is 62.8 Å². The summed E-state index contributed by atoms with van der Waals surface area (Å²) in [5, 5.41) is 4.71. The summed E-state index contributed by atoms with van der Waals surface area (Å²) >= 11 is 6.75. The molecule has 0 spiro atoms. The van der Waals surface area contributed by atoms with Gasteiger partial charge in [0, 0.05) is 50.3 Å². The van der Waals surface area contributed by atoms with Crippen LogP contribution in [0.3, 0.4) is 0 Å². The van der Waals surface area contributed by atoms with Crippen LogP contribution in [0.4, 0.5) is 14.5 Å². The molecule has 0 bridgehead atoms. The number of allylic oxidation sites excluding steroid dienone is 6. The quantitative estimate of drug-likeness (QED) is 0.103. The molecule has 1 amide bonds. The molecule has 0 saturated carbocycles. The molecule has 0 N–H and O–H groups in total. The van der Waals surface area contributed by atoms with Crippen LogP contribution in [-0.4, -0.2) is 47.8 Å². The molecule has 0 aliphatic carbocycles. The van der Waals surface area contributed by atoms with Crippen molar-refractivity contribution in [2.24, 2.45) is 0 Å². The van der Waals surface area contributed by atoms with E-state index in [1.165, 1.54) is 0 Å². The van der Waals surface area contributed by atoms with E-state index in [0.717, 1.165) is 54.0 Å². The van der Waals surface area contributed by atoms with Gasteiger partial charge in [0.15, 0.2) is 0 Å². The first-order chi connectivity index (χ1) is 20.5. The summed E-state index contributed by atoms with van der Waals surface area (Å²) in [6.45, 7) is 16.6. The summed E-state index contributed by atoms with van der Waals surface area (Å²) in [6, 6.07) is 6.03. The lowest BCUT2D eigenvalue weighted by atomic mass is 10.0. The number of alkyl halides is 2. The molecule has 1 aromatic carbocycles. The molecular weight excluding hydrogens is 583 g/mol. The number of rotatable bonds is 16. The number of anilines is 1. The van der Waals surface area contributed by atoms with E-state index in [9.17, 15) is 13.6 Å². The molecule has 1 aliphatic rings. The largest absolute Gasteiger partial charge is 0.343 e. The van der Waals surface area contributed by atoms with Crippen LogP contribution in [0.5, 0.6) is 0 Å². The molecule has 1 atom stereocenters. The summed E-state index contributed by atoms with van der Waals surface area (Å²) in [7, 11) is 1.58. The van der Waals surface area contributed by atoms with Crippen molar-refractivity contribution >= 4 is 32.4 Å². The summed E-state index contributed by atoms with van der Waals surface area (Å²) in [5.74, 6) is 2.32. The lowest BCUT2D eigenvalue weighted by Gasteiger charge is -2.41. The van der Waals surface area contributed by atoms with Gasteiger partial charge in [-0.3, -0.25) is 9.80 Å². The Labute approximate surface area is 266 Å². The third-order valence-corrected chi connectivity index (χ3v) is 7.35. The zero-order valence-electron chi connectivity index (χ0n) is 26.5. The Kier molecular flexibility index (Phi) is 18.1. The highest BCUT2D eigenvalue weighted by Crippen LogP contribution is 2.35. The molecule has 0 fully saturated rings. The number of aryl methyl sites for hydroxylation is 1. The number of carbonyl (C=O) groups is 1. The van der Waals surface area contributed by atoms with Crippen molar-refractivity contribution in [2.75, 3.05) is 31.1 Å². The van der Waals surface area contributed by atoms with Crippen molar-refractivity contribution in [1.82, 2.24) is 10.0 Å². The van der Waals surface area contributed by atoms with Crippen LogP contribution >= 0.6 is 20.8 Å². The Hall–Kier alpha value is -2.71. The van der Waals surface area contributed by atoms with Gasteiger partial charge in [-0.1, -0.05) is 90.7 Å². The maximum absolute atomic E-state index is 13.7. The number of hydrogen-bond donors (Lipinski definition) is 0. The van der Waals surface area contributed by atoms with E-state index in [-0.39, 0.29) is 18.7 Å². The van der Waals surface area contributed by atoms with Crippen LogP contribution in [0.25, 0.3) is 0 Å². The van der Waals surface area contributed by atoms with E-state index in [2.05, 4.69) is 48.8 Å². The number of amides is 1. The van der Waals surface area contributed by atoms with Crippen molar-refractivity contribution in [2.45, 2.75) is 78.8 Å². The highest BCUT2D eigenvalue weighted by atomic mass is 35.5. The third-order valence-electron chi connectivity index (χ3n) is 6.76. The van der Waals surface area contributed by atoms with Gasteiger partial charge < -0.3 is 4.90 Å². The number of hydrogen-bond acceptors (Lipinski definition) is 3. The van der Waals surface area contributed by atoms with Crippen LogP contribution in [0.2, 0.25) is 5.02 Å². The fourth-order valence-electron chi connectivity index (χ4n) is 4.83. The van der Waals surface area contributed by atoms with Gasteiger partial charge >= 0.3 is 0 Å². The Morgan fingerprint density at radius 2 is 1.86 bits per heavy atom. The minimum Gasteiger partial charge on any atom is -0.343 e. The molecule has 1 heterocycles. The van der Waals surface area contributed by atoms with E-state index in [4.69, 9.17) is 11.6 Å². The lowest BCUT2D eigenvalue weighted by Crippen LogP contribution is -2.51. The Morgan fingerprint density at radius 3 is 2.40 bits per heavy atom. The first kappa shape index (κ1) is 38.3. The molecule has 2 rings (SSSR count). The molecular formula is C35H49ClF2N3OP. The number of hydrazine groups is 1. The molecule has 0 aromatic heterocycles. The van der Waals surface area contributed by atoms with E-state index in [1.54, 1.807) is 28.3 Å². The maximum atomic E-state index is 13.7. The number of nitrogens with zero attached hydrogens (tertiary/aromatic N) is 3. The van der Waals surface area contributed by atoms with Crippen LogP contribution < -0.4 is 4.90 Å². The van der Waals surface area contributed by atoms with Crippen molar-refractivity contribution in [1.29, 1.82) is 0 Å². The topological polar surface area (TPSA) is 26.8 Å². The van der Waals surface area contributed by atoms with Crippen LogP contribution in [0.15, 0.2) is 78.1 Å². The van der Waals surface area contributed by atoms with Crippen molar-refractivity contribution < 1.29 is 13.6 Å². The molecule has 1 aliphatic heterocycles. The third kappa shape index (κ3) is 13.2. The minimum absolute atomic E-state index is 0.0697. The SMILES string of the molecule is C#CC.C=C/C=C(\C=C/CCN(C1=C(CC)C(=O)N(N(CC)CCC)CC1)c1ccc(C)cc1Cl)/C=C/CCC(F)(F)P. The first-order valence-electron chi connectivity index (χ1n) is 15.0. The second-order valence-corrected chi connectivity index (χ2v) is 11.4. The Bertz CT molecular complexity index is 1210. The second-order valence-electron chi connectivity index (χ2n) is 10.2. The average molecular weight is 632 g/mol. The molecule has 0 radical (unpaired) electrons. The van der Waals surface area contributed by atoms with Gasteiger partial charge in [0.05, 0.1) is 10.7 Å². The number of benzene rings is 1. The smallest absolute Gasteiger partial charge is 0.265 e. The molecule has 4 nitrogen and oxygen atoms in total. The van der Waals surface area contributed by atoms with Gasteiger partial charge in [-0.2, -0.15) is 0 Å². The van der Waals surface area contributed by atoms with Crippen molar-refractivity contribution in [3.8, 4) is 12.3 Å². The van der Waals surface area contributed by atoms with E-state index in [1.807, 2.05) is 55.3 Å². The van der Waals surface area contributed by atoms with Gasteiger partial charge in [0.2, 0.25) is 0 Å². The molecule has 43 heavy (non-hydrogen) atoms. The van der Waals surface area contributed by atoms with Crippen LogP contribution in [0.1, 0.15) is 71.8 Å². The van der Waals surface area contributed by atoms with Gasteiger partial charge in [0.25, 0.3) is 11.6 Å². The minimum atomic E-state index is -2.75. The predicted molar refractivity (Wildman–Crippen MR) is 184 cm³/mol. The highest BCUT2D eigenvalue weighted by molar-refractivity contribution is 7.18. The zero-order chi connectivity index (χ0) is 32.4. The van der Waals surface area contributed by atoms with Gasteiger partial charge in [0.1, 0.15) is 0 Å². The van der Waals surface area contributed by atoms with Gasteiger partial charge in [-0.25, -0.2) is 13.8 Å². The standard InChI is InChI=1S/C32H45ClF2N3OP.C3H4/c1-6-14-26(15-10-12-20-32(34,35)40)16-11-13-22-37(30-18-17-25(5)24-28(30)33)29-19-23-38(31(39)27(29)8-3)36(9-4)21-7-2;1-3-2/h6,10-11,14-18,24H,1,7-9,12-13,19-23,40H2,2-5H3;1H,2H3/b15-10+,16-11-,26-14-;. The number of terminal acetylenes is 1. The summed E-state index contributed by atoms with van der Waals surface area (Å²) in [5.41, 5.74) is 1.95. The Balaban J connectivity index is 0.00000295. The van der Waals surface area contributed by atoms with Crippen LogP contribution in [-0.2, 0) is 4.79 Å². The second kappa shape index (κ2) is 20.3. The zero-order valence-corrected chi connectivity index (χ0v) is 28.4.